The first kappa shape index (κ1) is 19.6. The predicted octanol–water partition coefficient (Wildman–Crippen LogP) is 3.04. The van der Waals surface area contributed by atoms with E-state index in [0.29, 0.717) is 29.1 Å². The van der Waals surface area contributed by atoms with E-state index in [-0.39, 0.29) is 19.6 Å². The molecule has 0 aliphatic heterocycles. The standard InChI is InChI=1S/C19H19N3O5S/c1-2-25-13-6-8-14(9-7-13)26-11-10-18(24)27-12-17(23)20-15-4-3-5-16-19(15)22-28-21-16/h3-9H,2,10-12H2,1H3,(H,20,23). The number of nitrogens with zero attached hydrogens (tertiary/aromatic N) is 2. The molecule has 0 radical (unpaired) electrons. The lowest BCUT2D eigenvalue weighted by atomic mass is 10.2. The maximum Gasteiger partial charge on any atom is 0.309 e. The molecular weight excluding hydrogens is 382 g/mol. The van der Waals surface area contributed by atoms with E-state index in [2.05, 4.69) is 14.1 Å². The summed E-state index contributed by atoms with van der Waals surface area (Å²) in [6.07, 6.45) is 0.0338. The fourth-order valence-corrected chi connectivity index (χ4v) is 2.91. The van der Waals surface area contributed by atoms with Gasteiger partial charge in [0.1, 0.15) is 22.5 Å². The van der Waals surface area contributed by atoms with Gasteiger partial charge in [0.05, 0.1) is 37.1 Å². The van der Waals surface area contributed by atoms with Gasteiger partial charge in [-0.15, -0.1) is 0 Å². The zero-order valence-corrected chi connectivity index (χ0v) is 16.0. The number of carbonyl (C=O) groups excluding carboxylic acids is 2. The highest BCUT2D eigenvalue weighted by Gasteiger charge is 2.11. The highest BCUT2D eigenvalue weighted by atomic mass is 32.1. The minimum atomic E-state index is -0.519. The zero-order valence-electron chi connectivity index (χ0n) is 15.2. The molecule has 1 N–H and O–H groups in total. The average molecular weight is 401 g/mol. The van der Waals surface area contributed by atoms with Crippen molar-refractivity contribution in [2.24, 2.45) is 0 Å². The molecule has 146 valence electrons. The fourth-order valence-electron chi connectivity index (χ4n) is 2.36. The minimum absolute atomic E-state index is 0.0338. The van der Waals surface area contributed by atoms with Crippen LogP contribution in [0.3, 0.4) is 0 Å². The van der Waals surface area contributed by atoms with Crippen LogP contribution in [0.1, 0.15) is 13.3 Å². The molecule has 28 heavy (non-hydrogen) atoms. The van der Waals surface area contributed by atoms with E-state index >= 15 is 0 Å². The molecule has 1 aromatic heterocycles. The van der Waals surface area contributed by atoms with Crippen LogP contribution >= 0.6 is 11.7 Å². The number of ether oxygens (including phenoxy) is 3. The summed E-state index contributed by atoms with van der Waals surface area (Å²) in [5.41, 5.74) is 1.84. The summed E-state index contributed by atoms with van der Waals surface area (Å²) in [6.45, 7) is 2.27. The molecule has 0 aliphatic carbocycles. The fraction of sp³-hybridized carbons (Fsp3) is 0.263. The maximum absolute atomic E-state index is 12.0. The number of fused-ring (bicyclic) bond motifs is 1. The topological polar surface area (TPSA) is 99.6 Å². The van der Waals surface area contributed by atoms with Crippen LogP contribution < -0.4 is 14.8 Å². The Morgan fingerprint density at radius 1 is 1.04 bits per heavy atom. The van der Waals surface area contributed by atoms with Crippen LogP contribution in [-0.2, 0) is 14.3 Å². The van der Waals surface area contributed by atoms with Crippen molar-refractivity contribution in [3.63, 3.8) is 0 Å². The van der Waals surface area contributed by atoms with E-state index in [1.807, 2.05) is 6.92 Å². The van der Waals surface area contributed by atoms with Crippen molar-refractivity contribution in [3.8, 4) is 11.5 Å². The summed E-state index contributed by atoms with van der Waals surface area (Å²) in [6, 6.07) is 12.4. The van der Waals surface area contributed by atoms with Crippen molar-refractivity contribution in [2.45, 2.75) is 13.3 Å². The molecule has 1 heterocycles. The van der Waals surface area contributed by atoms with E-state index < -0.39 is 11.9 Å². The molecule has 0 saturated carbocycles. The van der Waals surface area contributed by atoms with Crippen molar-refractivity contribution in [3.05, 3.63) is 42.5 Å². The summed E-state index contributed by atoms with van der Waals surface area (Å²) in [7, 11) is 0. The number of carbonyl (C=O) groups is 2. The van der Waals surface area contributed by atoms with Crippen LogP contribution in [0.5, 0.6) is 11.5 Å². The third-order valence-corrected chi connectivity index (χ3v) is 4.18. The Hall–Kier alpha value is -3.20. The van der Waals surface area contributed by atoms with E-state index in [1.54, 1.807) is 42.5 Å². The van der Waals surface area contributed by atoms with Gasteiger partial charge in [-0.25, -0.2) is 0 Å². The highest BCUT2D eigenvalue weighted by Crippen LogP contribution is 2.21. The maximum atomic E-state index is 12.0. The number of benzene rings is 2. The number of nitrogens with one attached hydrogen (secondary N) is 1. The van der Waals surface area contributed by atoms with Crippen molar-refractivity contribution < 1.29 is 23.8 Å². The number of esters is 1. The van der Waals surface area contributed by atoms with Gasteiger partial charge in [-0.05, 0) is 43.3 Å². The molecule has 2 aromatic carbocycles. The van der Waals surface area contributed by atoms with Gasteiger partial charge in [0.25, 0.3) is 5.91 Å². The lowest BCUT2D eigenvalue weighted by Gasteiger charge is -2.08. The first-order chi connectivity index (χ1) is 13.7. The molecule has 3 rings (SSSR count). The summed E-state index contributed by atoms with van der Waals surface area (Å²) >= 11 is 1.07. The van der Waals surface area contributed by atoms with Gasteiger partial charge in [-0.1, -0.05) is 6.07 Å². The molecule has 0 atom stereocenters. The molecule has 1 amide bonds. The normalized spacial score (nSPS) is 10.5. The van der Waals surface area contributed by atoms with Crippen LogP contribution in [0.15, 0.2) is 42.5 Å². The van der Waals surface area contributed by atoms with Gasteiger partial charge in [-0.3, -0.25) is 9.59 Å². The zero-order chi connectivity index (χ0) is 19.8. The van der Waals surface area contributed by atoms with Crippen molar-refractivity contribution in [1.82, 2.24) is 8.75 Å². The van der Waals surface area contributed by atoms with E-state index in [9.17, 15) is 9.59 Å². The Morgan fingerprint density at radius 2 is 1.79 bits per heavy atom. The number of aromatic nitrogens is 2. The van der Waals surface area contributed by atoms with Gasteiger partial charge >= 0.3 is 5.97 Å². The highest BCUT2D eigenvalue weighted by molar-refractivity contribution is 7.00. The molecular formula is C19H19N3O5S. The molecule has 3 aromatic rings. The Balaban J connectivity index is 1.38. The van der Waals surface area contributed by atoms with Gasteiger partial charge in [0.15, 0.2) is 6.61 Å². The number of anilines is 1. The van der Waals surface area contributed by atoms with Crippen LogP contribution in [0.2, 0.25) is 0 Å². The van der Waals surface area contributed by atoms with Gasteiger partial charge in [0, 0.05) is 0 Å². The Morgan fingerprint density at radius 3 is 2.54 bits per heavy atom. The minimum Gasteiger partial charge on any atom is -0.494 e. The number of amides is 1. The first-order valence-corrected chi connectivity index (χ1v) is 9.41. The van der Waals surface area contributed by atoms with Crippen molar-refractivity contribution in [2.75, 3.05) is 25.1 Å². The molecule has 8 nitrogen and oxygen atoms in total. The lowest BCUT2D eigenvalue weighted by Crippen LogP contribution is -2.21. The molecule has 0 unspecified atom stereocenters. The third-order valence-electron chi connectivity index (χ3n) is 3.63. The van der Waals surface area contributed by atoms with E-state index in [4.69, 9.17) is 14.2 Å². The second kappa shape index (κ2) is 9.65. The quantitative estimate of drug-likeness (QED) is 0.550. The summed E-state index contributed by atoms with van der Waals surface area (Å²) in [5.74, 6) is 0.416. The first-order valence-electron chi connectivity index (χ1n) is 8.68. The summed E-state index contributed by atoms with van der Waals surface area (Å²) in [5, 5.41) is 2.67. The second-order valence-corrected chi connectivity index (χ2v) is 6.18. The lowest BCUT2D eigenvalue weighted by molar-refractivity contribution is -0.147. The number of rotatable bonds is 9. The van der Waals surface area contributed by atoms with Gasteiger partial charge in [0.2, 0.25) is 0 Å². The largest absolute Gasteiger partial charge is 0.494 e. The van der Waals surface area contributed by atoms with Crippen LogP contribution in [0.25, 0.3) is 11.0 Å². The second-order valence-electron chi connectivity index (χ2n) is 5.65. The average Bonchev–Trinajstić information content (AvgIpc) is 3.18. The Labute approximate surface area is 165 Å². The number of hydrogen-bond donors (Lipinski definition) is 1. The molecule has 0 fully saturated rings. The third kappa shape index (κ3) is 5.40. The van der Waals surface area contributed by atoms with Crippen LogP contribution in [0, 0.1) is 0 Å². The van der Waals surface area contributed by atoms with Gasteiger partial charge < -0.3 is 19.5 Å². The van der Waals surface area contributed by atoms with Gasteiger partial charge in [-0.2, -0.15) is 8.75 Å². The van der Waals surface area contributed by atoms with E-state index in [1.165, 1.54) is 0 Å². The molecule has 0 bridgehead atoms. The SMILES string of the molecule is CCOc1ccc(OCCC(=O)OCC(=O)Nc2cccc3nsnc23)cc1. The van der Waals surface area contributed by atoms with Crippen molar-refractivity contribution in [1.29, 1.82) is 0 Å². The van der Waals surface area contributed by atoms with Crippen molar-refractivity contribution >= 4 is 40.3 Å². The predicted molar refractivity (Wildman–Crippen MR) is 105 cm³/mol. The Kier molecular flexibility index (Phi) is 6.74. The van der Waals surface area contributed by atoms with Crippen LogP contribution in [-0.4, -0.2) is 40.4 Å². The van der Waals surface area contributed by atoms with Crippen LogP contribution in [0.4, 0.5) is 5.69 Å². The van der Waals surface area contributed by atoms with E-state index in [0.717, 1.165) is 17.5 Å². The molecule has 0 saturated heterocycles. The smallest absolute Gasteiger partial charge is 0.309 e. The summed E-state index contributed by atoms with van der Waals surface area (Å²) in [4.78, 5) is 23.8. The molecule has 0 aliphatic rings. The monoisotopic (exact) mass is 401 g/mol. The Bertz CT molecular complexity index is 942. The number of hydrogen-bond acceptors (Lipinski definition) is 8. The molecule has 0 spiro atoms. The summed E-state index contributed by atoms with van der Waals surface area (Å²) < 4.78 is 24.0. The molecule has 9 heteroatoms.